The fraction of sp³-hybridized carbons (Fsp3) is 0.615. The molecule has 2 rings (SSSR count). The third-order valence-corrected chi connectivity index (χ3v) is 4.30. The van der Waals surface area contributed by atoms with Crippen molar-refractivity contribution < 1.29 is 14.3 Å². The molecule has 2 atom stereocenters. The van der Waals surface area contributed by atoms with Crippen LogP contribution in [0, 0.1) is 5.92 Å². The molecule has 2 unspecified atom stereocenters. The number of hydrogen-bond donors (Lipinski definition) is 1. The first-order chi connectivity index (χ1) is 9.06. The monoisotopic (exact) mass is 282 g/mol. The standard InChI is InChI=1S/C13H18N2O3S/c1-4-5-8-6-9(8)14-13-15-10(12(17)18-3)11(19-13)7(2)16/h8-9H,4-6H2,1-3H3,(H,14,15). The van der Waals surface area contributed by atoms with E-state index in [1.165, 1.54) is 38.2 Å². The number of anilines is 1. The minimum atomic E-state index is -0.560. The molecule has 6 heteroatoms. The summed E-state index contributed by atoms with van der Waals surface area (Å²) in [6, 6.07) is 0.427. The molecule has 1 aliphatic rings. The second-order valence-corrected chi connectivity index (χ2v) is 5.78. The first-order valence-electron chi connectivity index (χ1n) is 6.43. The number of carbonyl (C=O) groups excluding carboxylic acids is 2. The van der Waals surface area contributed by atoms with Gasteiger partial charge in [0.15, 0.2) is 16.6 Å². The van der Waals surface area contributed by atoms with Gasteiger partial charge in [0.05, 0.1) is 7.11 Å². The highest BCUT2D eigenvalue weighted by atomic mass is 32.1. The molecule has 1 aromatic rings. The molecule has 0 radical (unpaired) electrons. The van der Waals surface area contributed by atoms with Crippen molar-refractivity contribution in [1.29, 1.82) is 0 Å². The van der Waals surface area contributed by atoms with Crippen molar-refractivity contribution in [1.82, 2.24) is 4.98 Å². The van der Waals surface area contributed by atoms with Crippen molar-refractivity contribution in [2.75, 3.05) is 12.4 Å². The Morgan fingerprint density at radius 1 is 1.53 bits per heavy atom. The van der Waals surface area contributed by atoms with E-state index < -0.39 is 5.97 Å². The first kappa shape index (κ1) is 14.0. The molecule has 0 aliphatic heterocycles. The molecule has 0 amide bonds. The molecule has 104 valence electrons. The van der Waals surface area contributed by atoms with Crippen LogP contribution in [0.4, 0.5) is 5.13 Å². The molecule has 0 bridgehead atoms. The van der Waals surface area contributed by atoms with Crippen molar-refractivity contribution in [2.24, 2.45) is 5.92 Å². The molecule has 5 nitrogen and oxygen atoms in total. The van der Waals surface area contributed by atoms with Gasteiger partial charge in [-0.2, -0.15) is 0 Å². The lowest BCUT2D eigenvalue weighted by molar-refractivity contribution is 0.0591. The average molecular weight is 282 g/mol. The van der Waals surface area contributed by atoms with Crippen LogP contribution in [0.3, 0.4) is 0 Å². The van der Waals surface area contributed by atoms with Gasteiger partial charge in [0.25, 0.3) is 0 Å². The minimum Gasteiger partial charge on any atom is -0.464 e. The number of ether oxygens (including phenoxy) is 1. The summed E-state index contributed by atoms with van der Waals surface area (Å²) in [5.74, 6) is -0.0292. The summed E-state index contributed by atoms with van der Waals surface area (Å²) in [4.78, 5) is 27.6. The predicted molar refractivity (Wildman–Crippen MR) is 73.9 cm³/mol. The molecule has 0 saturated heterocycles. The van der Waals surface area contributed by atoms with Crippen LogP contribution in [0.25, 0.3) is 0 Å². The van der Waals surface area contributed by atoms with Crippen LogP contribution in [-0.2, 0) is 4.74 Å². The van der Waals surface area contributed by atoms with E-state index in [2.05, 4.69) is 22.0 Å². The van der Waals surface area contributed by atoms with Crippen molar-refractivity contribution in [3.8, 4) is 0 Å². The van der Waals surface area contributed by atoms with Crippen LogP contribution in [0.15, 0.2) is 0 Å². The highest BCUT2D eigenvalue weighted by molar-refractivity contribution is 7.17. The predicted octanol–water partition coefficient (Wildman–Crippen LogP) is 2.73. The Kier molecular flexibility index (Phi) is 4.19. The maximum atomic E-state index is 11.6. The average Bonchev–Trinajstić information content (AvgIpc) is 2.94. The number of thiazole rings is 1. The smallest absolute Gasteiger partial charge is 0.358 e. The van der Waals surface area contributed by atoms with E-state index in [1.54, 1.807) is 0 Å². The van der Waals surface area contributed by atoms with E-state index in [0.29, 0.717) is 22.0 Å². The van der Waals surface area contributed by atoms with Crippen molar-refractivity contribution in [3.05, 3.63) is 10.6 Å². The minimum absolute atomic E-state index is 0.121. The number of hydrogen-bond acceptors (Lipinski definition) is 6. The van der Waals surface area contributed by atoms with E-state index in [-0.39, 0.29) is 11.5 Å². The number of methoxy groups -OCH3 is 1. The summed E-state index contributed by atoms with van der Waals surface area (Å²) in [5, 5.41) is 3.93. The van der Waals surface area contributed by atoms with Gasteiger partial charge in [-0.15, -0.1) is 0 Å². The second-order valence-electron chi connectivity index (χ2n) is 4.78. The topological polar surface area (TPSA) is 68.3 Å². The summed E-state index contributed by atoms with van der Waals surface area (Å²) < 4.78 is 4.65. The third-order valence-electron chi connectivity index (χ3n) is 3.22. The number of carbonyl (C=O) groups is 2. The number of nitrogens with one attached hydrogen (secondary N) is 1. The molecule has 0 spiro atoms. The van der Waals surface area contributed by atoms with Crippen LogP contribution in [0.1, 0.15) is 53.3 Å². The van der Waals surface area contributed by atoms with Gasteiger partial charge in [-0.3, -0.25) is 4.79 Å². The summed E-state index contributed by atoms with van der Waals surface area (Å²) in [5.41, 5.74) is 0.121. The molecule has 1 aromatic heterocycles. The Balaban J connectivity index is 2.10. The van der Waals surface area contributed by atoms with Gasteiger partial charge in [0.2, 0.25) is 0 Å². The molecule has 0 aromatic carbocycles. The molecule has 1 heterocycles. The lowest BCUT2D eigenvalue weighted by Gasteiger charge is -1.99. The van der Waals surface area contributed by atoms with Gasteiger partial charge in [0, 0.05) is 13.0 Å². The zero-order valence-corrected chi connectivity index (χ0v) is 12.2. The summed E-state index contributed by atoms with van der Waals surface area (Å²) in [7, 11) is 1.29. The SMILES string of the molecule is CCCC1CC1Nc1nc(C(=O)OC)c(C(C)=O)s1. The van der Waals surface area contributed by atoms with Gasteiger partial charge in [-0.1, -0.05) is 24.7 Å². The molecule has 1 N–H and O–H groups in total. The van der Waals surface area contributed by atoms with Gasteiger partial charge >= 0.3 is 5.97 Å². The van der Waals surface area contributed by atoms with Crippen LogP contribution in [0.2, 0.25) is 0 Å². The Morgan fingerprint density at radius 3 is 2.84 bits per heavy atom. The second kappa shape index (κ2) is 5.69. The Morgan fingerprint density at radius 2 is 2.26 bits per heavy atom. The number of Topliss-reactive ketones (excluding diaryl/α,β-unsaturated/α-hetero) is 1. The first-order valence-corrected chi connectivity index (χ1v) is 7.25. The quantitative estimate of drug-likeness (QED) is 0.642. The number of nitrogens with zero attached hydrogens (tertiary/aromatic N) is 1. The molecule has 19 heavy (non-hydrogen) atoms. The number of aromatic nitrogens is 1. The van der Waals surface area contributed by atoms with Crippen LogP contribution < -0.4 is 5.32 Å². The Hall–Kier alpha value is -1.43. The van der Waals surface area contributed by atoms with E-state index in [1.807, 2.05) is 0 Å². The van der Waals surface area contributed by atoms with Crippen LogP contribution in [0.5, 0.6) is 0 Å². The third kappa shape index (κ3) is 3.12. The number of rotatable bonds is 6. The zero-order valence-electron chi connectivity index (χ0n) is 11.4. The van der Waals surface area contributed by atoms with Gasteiger partial charge in [-0.05, 0) is 18.8 Å². The maximum Gasteiger partial charge on any atom is 0.358 e. The highest BCUT2D eigenvalue weighted by Gasteiger charge is 2.37. The fourth-order valence-electron chi connectivity index (χ4n) is 2.13. The lowest BCUT2D eigenvalue weighted by Crippen LogP contribution is -2.08. The van der Waals surface area contributed by atoms with Crippen molar-refractivity contribution in [3.63, 3.8) is 0 Å². The van der Waals surface area contributed by atoms with Crippen LogP contribution >= 0.6 is 11.3 Å². The zero-order chi connectivity index (χ0) is 14.0. The highest BCUT2D eigenvalue weighted by Crippen LogP contribution is 2.38. The van der Waals surface area contributed by atoms with Gasteiger partial charge in [-0.25, -0.2) is 9.78 Å². The molecule has 1 saturated carbocycles. The van der Waals surface area contributed by atoms with Gasteiger partial charge in [0.1, 0.15) is 4.88 Å². The number of esters is 1. The molecule has 1 aliphatic carbocycles. The normalized spacial score (nSPS) is 21.0. The molecular formula is C13H18N2O3S. The maximum absolute atomic E-state index is 11.6. The number of ketones is 1. The fourth-order valence-corrected chi connectivity index (χ4v) is 3.04. The largest absolute Gasteiger partial charge is 0.464 e. The van der Waals surface area contributed by atoms with E-state index in [4.69, 9.17) is 0 Å². The van der Waals surface area contributed by atoms with Crippen molar-refractivity contribution >= 4 is 28.2 Å². The summed E-state index contributed by atoms with van der Waals surface area (Å²) in [6.07, 6.45) is 3.51. The van der Waals surface area contributed by atoms with Crippen molar-refractivity contribution in [2.45, 2.75) is 39.2 Å². The Bertz CT molecular complexity index is 498. The van der Waals surface area contributed by atoms with E-state index in [0.717, 1.165) is 6.42 Å². The Labute approximate surface area is 116 Å². The van der Waals surface area contributed by atoms with Crippen LogP contribution in [-0.4, -0.2) is 29.9 Å². The lowest BCUT2D eigenvalue weighted by atomic mass is 10.2. The van der Waals surface area contributed by atoms with Gasteiger partial charge < -0.3 is 10.1 Å². The van der Waals surface area contributed by atoms with E-state index >= 15 is 0 Å². The molecule has 1 fully saturated rings. The molecular weight excluding hydrogens is 264 g/mol. The summed E-state index contributed by atoms with van der Waals surface area (Å²) in [6.45, 7) is 3.60. The summed E-state index contributed by atoms with van der Waals surface area (Å²) >= 11 is 1.23. The van der Waals surface area contributed by atoms with E-state index in [9.17, 15) is 9.59 Å².